The van der Waals surface area contributed by atoms with Gasteiger partial charge in [-0.3, -0.25) is 4.79 Å². The monoisotopic (exact) mass is 228 g/mol. The fourth-order valence-electron chi connectivity index (χ4n) is 1.82. The summed E-state index contributed by atoms with van der Waals surface area (Å²) in [5.74, 6) is 0.425. The second kappa shape index (κ2) is 4.53. The summed E-state index contributed by atoms with van der Waals surface area (Å²) < 4.78 is 0. The Labute approximate surface area is 101 Å². The SMILES string of the molecule is C=C/C(=C(/C)C=N)c1ccc(C(=O)C2CC2)[nH]1. The van der Waals surface area contributed by atoms with Gasteiger partial charge in [0.25, 0.3) is 0 Å². The van der Waals surface area contributed by atoms with Crippen molar-refractivity contribution in [2.45, 2.75) is 19.8 Å². The largest absolute Gasteiger partial charge is 0.352 e. The van der Waals surface area contributed by atoms with Crippen LogP contribution < -0.4 is 0 Å². The van der Waals surface area contributed by atoms with Gasteiger partial charge < -0.3 is 10.4 Å². The molecule has 0 amide bonds. The van der Waals surface area contributed by atoms with Gasteiger partial charge >= 0.3 is 0 Å². The van der Waals surface area contributed by atoms with Crippen molar-refractivity contribution in [3.05, 3.63) is 41.7 Å². The van der Waals surface area contributed by atoms with E-state index in [1.165, 1.54) is 6.21 Å². The highest BCUT2D eigenvalue weighted by Crippen LogP contribution is 2.32. The summed E-state index contributed by atoms with van der Waals surface area (Å²) in [5, 5.41) is 7.25. The molecule has 1 aliphatic rings. The van der Waals surface area contributed by atoms with Crippen LogP contribution in [0.5, 0.6) is 0 Å². The maximum absolute atomic E-state index is 11.9. The van der Waals surface area contributed by atoms with E-state index in [0.29, 0.717) is 5.69 Å². The number of ketones is 1. The van der Waals surface area contributed by atoms with Crippen LogP contribution in [0, 0.1) is 11.3 Å². The average Bonchev–Trinajstić information content (AvgIpc) is 3.08. The molecule has 1 heterocycles. The molecule has 2 rings (SSSR count). The van der Waals surface area contributed by atoms with E-state index in [-0.39, 0.29) is 11.7 Å². The summed E-state index contributed by atoms with van der Waals surface area (Å²) in [6.07, 6.45) is 5.02. The zero-order valence-corrected chi connectivity index (χ0v) is 9.92. The smallest absolute Gasteiger partial charge is 0.182 e. The van der Waals surface area contributed by atoms with Crippen molar-refractivity contribution in [2.75, 3.05) is 0 Å². The van der Waals surface area contributed by atoms with Crippen molar-refractivity contribution >= 4 is 17.6 Å². The molecule has 0 unspecified atom stereocenters. The molecule has 1 aliphatic carbocycles. The van der Waals surface area contributed by atoms with Crippen molar-refractivity contribution < 1.29 is 4.79 Å². The molecule has 88 valence electrons. The van der Waals surface area contributed by atoms with E-state index >= 15 is 0 Å². The molecule has 0 aromatic carbocycles. The first-order valence-electron chi connectivity index (χ1n) is 5.74. The molecule has 0 aliphatic heterocycles. The Balaban J connectivity index is 2.31. The minimum atomic E-state index is 0.201. The summed E-state index contributed by atoms with van der Waals surface area (Å²) in [7, 11) is 0. The number of Topliss-reactive ketones (excluding diaryl/α,β-unsaturated/α-hetero) is 1. The number of rotatable bonds is 5. The van der Waals surface area contributed by atoms with Gasteiger partial charge in [-0.05, 0) is 37.5 Å². The van der Waals surface area contributed by atoms with Crippen LogP contribution in [0.15, 0.2) is 30.4 Å². The minimum Gasteiger partial charge on any atom is -0.352 e. The number of carbonyl (C=O) groups is 1. The summed E-state index contributed by atoms with van der Waals surface area (Å²) in [6.45, 7) is 5.60. The minimum absolute atomic E-state index is 0.201. The van der Waals surface area contributed by atoms with E-state index in [1.54, 1.807) is 6.08 Å². The maximum atomic E-state index is 11.9. The van der Waals surface area contributed by atoms with Gasteiger partial charge in [0.1, 0.15) is 0 Å². The van der Waals surface area contributed by atoms with Crippen molar-refractivity contribution in [3.63, 3.8) is 0 Å². The molecular weight excluding hydrogens is 212 g/mol. The third-order valence-corrected chi connectivity index (χ3v) is 3.04. The van der Waals surface area contributed by atoms with E-state index in [2.05, 4.69) is 11.6 Å². The highest BCUT2D eigenvalue weighted by atomic mass is 16.1. The van der Waals surface area contributed by atoms with Gasteiger partial charge in [-0.15, -0.1) is 0 Å². The van der Waals surface area contributed by atoms with Gasteiger partial charge in [0.2, 0.25) is 0 Å². The number of hydrogen-bond donors (Lipinski definition) is 2. The number of nitrogens with one attached hydrogen (secondary N) is 2. The Morgan fingerprint density at radius 1 is 1.47 bits per heavy atom. The average molecular weight is 228 g/mol. The van der Waals surface area contributed by atoms with Gasteiger partial charge in [-0.2, -0.15) is 0 Å². The van der Waals surface area contributed by atoms with Gasteiger partial charge in [0, 0.05) is 23.4 Å². The summed E-state index contributed by atoms with van der Waals surface area (Å²) in [4.78, 5) is 15.0. The third kappa shape index (κ3) is 2.28. The van der Waals surface area contributed by atoms with Crippen molar-refractivity contribution in [1.82, 2.24) is 4.98 Å². The van der Waals surface area contributed by atoms with Crippen LogP contribution in [0.3, 0.4) is 0 Å². The lowest BCUT2D eigenvalue weighted by Crippen LogP contribution is -2.01. The Morgan fingerprint density at radius 2 is 2.12 bits per heavy atom. The maximum Gasteiger partial charge on any atom is 0.182 e. The summed E-state index contributed by atoms with van der Waals surface area (Å²) in [6, 6.07) is 3.69. The Bertz CT molecular complexity index is 504. The van der Waals surface area contributed by atoms with Crippen LogP contribution in [0.2, 0.25) is 0 Å². The van der Waals surface area contributed by atoms with Gasteiger partial charge in [0.05, 0.1) is 5.69 Å². The van der Waals surface area contributed by atoms with E-state index in [9.17, 15) is 4.79 Å². The van der Waals surface area contributed by atoms with Gasteiger partial charge in [-0.1, -0.05) is 12.7 Å². The molecule has 1 aromatic heterocycles. The Hall–Kier alpha value is -1.90. The highest BCUT2D eigenvalue weighted by Gasteiger charge is 2.31. The van der Waals surface area contributed by atoms with E-state index in [1.807, 2.05) is 19.1 Å². The number of hydrogen-bond acceptors (Lipinski definition) is 2. The van der Waals surface area contributed by atoms with Crippen molar-refractivity contribution in [1.29, 1.82) is 5.41 Å². The molecule has 0 saturated heterocycles. The molecular formula is C14H16N2O. The summed E-state index contributed by atoms with van der Waals surface area (Å²) >= 11 is 0. The van der Waals surface area contributed by atoms with Crippen LogP contribution in [0.4, 0.5) is 0 Å². The second-order valence-electron chi connectivity index (χ2n) is 4.37. The lowest BCUT2D eigenvalue weighted by Gasteiger charge is -2.02. The zero-order valence-electron chi connectivity index (χ0n) is 9.92. The molecule has 0 bridgehead atoms. The molecule has 2 N–H and O–H groups in total. The first-order valence-corrected chi connectivity index (χ1v) is 5.74. The Morgan fingerprint density at radius 3 is 2.65 bits per heavy atom. The van der Waals surface area contributed by atoms with Crippen LogP contribution in [0.1, 0.15) is 35.9 Å². The molecule has 1 aromatic rings. The molecule has 3 heteroatoms. The van der Waals surface area contributed by atoms with Gasteiger partial charge in [0.15, 0.2) is 5.78 Å². The van der Waals surface area contributed by atoms with E-state index in [0.717, 1.165) is 29.7 Å². The first kappa shape index (κ1) is 11.6. The van der Waals surface area contributed by atoms with Crippen LogP contribution in [-0.4, -0.2) is 17.0 Å². The Kier molecular flexibility index (Phi) is 3.09. The number of allylic oxidation sites excluding steroid dienone is 3. The quantitative estimate of drug-likeness (QED) is 0.454. The lowest BCUT2D eigenvalue weighted by molar-refractivity contribution is 0.0963. The standard InChI is InChI=1S/C14H16N2O/c1-3-11(9(2)8-15)12-6-7-13(16-12)14(17)10-4-5-10/h3,6-8,10,15-16H,1,4-5H2,2H3/b11-9+,15-8?. The fraction of sp³-hybridized carbons (Fsp3) is 0.286. The highest BCUT2D eigenvalue weighted by molar-refractivity contribution is 5.99. The van der Waals surface area contributed by atoms with Gasteiger partial charge in [-0.25, -0.2) is 0 Å². The van der Waals surface area contributed by atoms with E-state index in [4.69, 9.17) is 5.41 Å². The first-order chi connectivity index (χ1) is 8.17. The molecule has 1 saturated carbocycles. The van der Waals surface area contributed by atoms with E-state index < -0.39 is 0 Å². The molecule has 0 atom stereocenters. The molecule has 0 radical (unpaired) electrons. The third-order valence-electron chi connectivity index (χ3n) is 3.04. The number of aromatic amines is 1. The summed E-state index contributed by atoms with van der Waals surface area (Å²) in [5.41, 5.74) is 3.21. The van der Waals surface area contributed by atoms with Crippen molar-refractivity contribution in [3.8, 4) is 0 Å². The fourth-order valence-corrected chi connectivity index (χ4v) is 1.82. The topological polar surface area (TPSA) is 56.7 Å². The second-order valence-corrected chi connectivity index (χ2v) is 4.37. The number of H-pyrrole nitrogens is 1. The van der Waals surface area contributed by atoms with Crippen LogP contribution >= 0.6 is 0 Å². The molecule has 3 nitrogen and oxygen atoms in total. The van der Waals surface area contributed by atoms with Crippen LogP contribution in [-0.2, 0) is 0 Å². The normalized spacial score (nSPS) is 16.3. The predicted octanol–water partition coefficient (Wildman–Crippen LogP) is 3.22. The molecule has 1 fully saturated rings. The van der Waals surface area contributed by atoms with Crippen LogP contribution in [0.25, 0.3) is 5.57 Å². The number of carbonyl (C=O) groups excluding carboxylic acids is 1. The molecule has 0 spiro atoms. The number of aromatic nitrogens is 1. The predicted molar refractivity (Wildman–Crippen MR) is 69.4 cm³/mol. The zero-order chi connectivity index (χ0) is 12.4. The van der Waals surface area contributed by atoms with Crippen molar-refractivity contribution in [2.24, 2.45) is 5.92 Å². The lowest BCUT2D eigenvalue weighted by atomic mass is 10.1. The molecule has 17 heavy (non-hydrogen) atoms.